The van der Waals surface area contributed by atoms with Gasteiger partial charge in [0.1, 0.15) is 0 Å². The highest BCUT2D eigenvalue weighted by molar-refractivity contribution is 6.37. The van der Waals surface area contributed by atoms with Crippen LogP contribution in [0.15, 0.2) is 30.3 Å². The van der Waals surface area contributed by atoms with Gasteiger partial charge in [0.05, 0.1) is 28.8 Å². The largest absolute Gasteiger partial charge is 0.493 e. The zero-order chi connectivity index (χ0) is 14.7. The molecule has 0 heterocycles. The van der Waals surface area contributed by atoms with Crippen molar-refractivity contribution in [3.8, 4) is 23.3 Å². The fourth-order valence-corrected chi connectivity index (χ4v) is 2.19. The number of nitrogens with zero attached hydrogens (tertiary/aromatic N) is 1. The number of anilines is 1. The lowest BCUT2D eigenvalue weighted by Crippen LogP contribution is -1.93. The van der Waals surface area contributed by atoms with Gasteiger partial charge in [0.15, 0.2) is 17.2 Å². The third-order valence-electron chi connectivity index (χ3n) is 2.53. The summed E-state index contributed by atoms with van der Waals surface area (Å²) in [6.07, 6.45) is 0. The third-order valence-corrected chi connectivity index (χ3v) is 3.09. The number of nitrogens with two attached hydrogens (primary N) is 1. The van der Waals surface area contributed by atoms with E-state index in [4.69, 9.17) is 43.7 Å². The Bertz CT molecular complexity index is 673. The Morgan fingerprint density at radius 3 is 2.30 bits per heavy atom. The first kappa shape index (κ1) is 14.3. The molecule has 0 saturated carbocycles. The molecule has 2 aromatic carbocycles. The fourth-order valence-electron chi connectivity index (χ4n) is 1.61. The van der Waals surface area contributed by atoms with Gasteiger partial charge in [-0.3, -0.25) is 0 Å². The third kappa shape index (κ3) is 2.90. The molecule has 20 heavy (non-hydrogen) atoms. The van der Waals surface area contributed by atoms with E-state index >= 15 is 0 Å². The monoisotopic (exact) mass is 308 g/mol. The van der Waals surface area contributed by atoms with Gasteiger partial charge in [0.2, 0.25) is 0 Å². The zero-order valence-corrected chi connectivity index (χ0v) is 12.0. The Hall–Kier alpha value is -2.09. The van der Waals surface area contributed by atoms with E-state index in [0.29, 0.717) is 32.8 Å². The second kappa shape index (κ2) is 5.91. The lowest BCUT2D eigenvalue weighted by molar-refractivity contribution is 0.379. The van der Waals surface area contributed by atoms with Crippen molar-refractivity contribution >= 4 is 28.9 Å². The highest BCUT2D eigenvalue weighted by atomic mass is 35.5. The van der Waals surface area contributed by atoms with E-state index in [-0.39, 0.29) is 5.75 Å². The van der Waals surface area contributed by atoms with E-state index in [1.54, 1.807) is 30.3 Å². The predicted molar refractivity (Wildman–Crippen MR) is 78.7 cm³/mol. The maximum absolute atomic E-state index is 8.85. The molecule has 0 aliphatic rings. The molecule has 6 heteroatoms. The van der Waals surface area contributed by atoms with Crippen molar-refractivity contribution < 1.29 is 9.47 Å². The topological polar surface area (TPSA) is 68.3 Å². The first-order chi connectivity index (χ1) is 9.55. The van der Waals surface area contributed by atoms with E-state index < -0.39 is 0 Å². The summed E-state index contributed by atoms with van der Waals surface area (Å²) in [6.45, 7) is 0. The van der Waals surface area contributed by atoms with Crippen molar-refractivity contribution in [2.45, 2.75) is 0 Å². The molecule has 0 aromatic heterocycles. The van der Waals surface area contributed by atoms with Crippen LogP contribution >= 0.6 is 23.2 Å². The molecule has 0 unspecified atom stereocenters. The van der Waals surface area contributed by atoms with E-state index in [1.165, 1.54) is 7.11 Å². The fraction of sp³-hybridized carbons (Fsp3) is 0.0714. The van der Waals surface area contributed by atoms with Crippen LogP contribution in [-0.2, 0) is 0 Å². The zero-order valence-electron chi connectivity index (χ0n) is 10.5. The van der Waals surface area contributed by atoms with Crippen molar-refractivity contribution in [3.63, 3.8) is 0 Å². The van der Waals surface area contributed by atoms with Crippen LogP contribution in [0.3, 0.4) is 0 Å². The quantitative estimate of drug-likeness (QED) is 0.861. The number of hydrogen-bond acceptors (Lipinski definition) is 4. The highest BCUT2D eigenvalue weighted by Gasteiger charge is 2.13. The summed E-state index contributed by atoms with van der Waals surface area (Å²) in [7, 11) is 1.48. The van der Waals surface area contributed by atoms with Crippen LogP contribution in [0.5, 0.6) is 17.2 Å². The van der Waals surface area contributed by atoms with Crippen LogP contribution in [0.4, 0.5) is 5.69 Å². The Morgan fingerprint density at radius 2 is 1.75 bits per heavy atom. The molecule has 0 radical (unpaired) electrons. The van der Waals surface area contributed by atoms with Crippen LogP contribution in [0.2, 0.25) is 10.0 Å². The number of benzene rings is 2. The Kier molecular flexibility index (Phi) is 4.23. The molecule has 0 amide bonds. The van der Waals surface area contributed by atoms with E-state index in [1.807, 2.05) is 6.07 Å². The summed E-state index contributed by atoms with van der Waals surface area (Å²) in [5, 5.41) is 9.44. The first-order valence-corrected chi connectivity index (χ1v) is 6.31. The summed E-state index contributed by atoms with van der Waals surface area (Å²) in [6, 6.07) is 9.88. The first-order valence-electron chi connectivity index (χ1n) is 5.55. The van der Waals surface area contributed by atoms with Crippen molar-refractivity contribution in [3.05, 3.63) is 45.9 Å². The van der Waals surface area contributed by atoms with Gasteiger partial charge in [-0.05, 0) is 24.3 Å². The molecule has 0 saturated heterocycles. The average Bonchev–Trinajstić information content (AvgIpc) is 2.42. The molecule has 0 aliphatic heterocycles. The van der Waals surface area contributed by atoms with Crippen LogP contribution < -0.4 is 15.2 Å². The van der Waals surface area contributed by atoms with Crippen LogP contribution in [0.1, 0.15) is 5.56 Å². The minimum absolute atomic E-state index is 0.283. The van der Waals surface area contributed by atoms with Gasteiger partial charge in [-0.2, -0.15) is 5.26 Å². The molecule has 2 aromatic rings. The molecule has 102 valence electrons. The molecule has 4 nitrogen and oxygen atoms in total. The van der Waals surface area contributed by atoms with Crippen LogP contribution in [-0.4, -0.2) is 7.11 Å². The number of halogens is 2. The molecular weight excluding hydrogens is 299 g/mol. The smallest absolute Gasteiger partial charge is 0.169 e. The summed E-state index contributed by atoms with van der Waals surface area (Å²) in [5.41, 5.74) is 6.54. The molecule has 0 aliphatic carbocycles. The average molecular weight is 309 g/mol. The Morgan fingerprint density at radius 1 is 1.10 bits per heavy atom. The number of methoxy groups -OCH3 is 1. The van der Waals surface area contributed by atoms with Crippen molar-refractivity contribution in [2.75, 3.05) is 12.8 Å². The Labute approximate surface area is 126 Å². The summed E-state index contributed by atoms with van der Waals surface area (Å²) < 4.78 is 10.8. The summed E-state index contributed by atoms with van der Waals surface area (Å²) in [5.74, 6) is 1.10. The molecule has 2 N–H and O–H groups in total. The Balaban J connectivity index is 2.43. The lowest BCUT2D eigenvalue weighted by Gasteiger charge is -2.13. The summed E-state index contributed by atoms with van der Waals surface area (Å²) in [4.78, 5) is 0. The molecular formula is C14H10Cl2N2O2. The minimum atomic E-state index is 0.283. The van der Waals surface area contributed by atoms with Gasteiger partial charge in [-0.25, -0.2) is 0 Å². The van der Waals surface area contributed by atoms with Gasteiger partial charge >= 0.3 is 0 Å². The van der Waals surface area contributed by atoms with Crippen molar-refractivity contribution in [2.24, 2.45) is 0 Å². The SMILES string of the molecule is COc1cc(C#N)ccc1Oc1c(Cl)cc(N)cc1Cl. The normalized spacial score (nSPS) is 9.90. The van der Waals surface area contributed by atoms with Gasteiger partial charge in [-0.15, -0.1) is 0 Å². The van der Waals surface area contributed by atoms with Gasteiger partial charge in [-0.1, -0.05) is 23.2 Å². The van der Waals surface area contributed by atoms with Gasteiger partial charge in [0, 0.05) is 11.8 Å². The van der Waals surface area contributed by atoms with Crippen LogP contribution in [0, 0.1) is 11.3 Å². The predicted octanol–water partition coefficient (Wildman–Crippen LogP) is 4.25. The number of rotatable bonds is 3. The number of nitrogen functional groups attached to an aromatic ring is 1. The van der Waals surface area contributed by atoms with E-state index in [0.717, 1.165) is 0 Å². The van der Waals surface area contributed by atoms with Crippen LogP contribution in [0.25, 0.3) is 0 Å². The molecule has 0 atom stereocenters. The maximum atomic E-state index is 8.85. The molecule has 2 rings (SSSR count). The van der Waals surface area contributed by atoms with Gasteiger partial charge in [0.25, 0.3) is 0 Å². The number of nitriles is 1. The standard InChI is InChI=1S/C14H10Cl2N2O2/c1-19-13-4-8(7-17)2-3-12(13)20-14-10(15)5-9(18)6-11(14)16/h2-6H,18H2,1H3. The van der Waals surface area contributed by atoms with E-state index in [2.05, 4.69) is 0 Å². The minimum Gasteiger partial charge on any atom is -0.493 e. The van der Waals surface area contributed by atoms with Gasteiger partial charge < -0.3 is 15.2 Å². The lowest BCUT2D eigenvalue weighted by atomic mass is 10.2. The second-order valence-corrected chi connectivity index (χ2v) is 4.71. The van der Waals surface area contributed by atoms with Crippen molar-refractivity contribution in [1.29, 1.82) is 5.26 Å². The number of hydrogen-bond donors (Lipinski definition) is 1. The van der Waals surface area contributed by atoms with Crippen molar-refractivity contribution in [1.82, 2.24) is 0 Å². The molecule has 0 spiro atoms. The highest BCUT2D eigenvalue weighted by Crippen LogP contribution is 2.40. The second-order valence-electron chi connectivity index (χ2n) is 3.89. The molecule has 0 bridgehead atoms. The maximum Gasteiger partial charge on any atom is 0.169 e. The summed E-state index contributed by atoms with van der Waals surface area (Å²) >= 11 is 12.1. The number of ether oxygens (including phenoxy) is 2. The van der Waals surface area contributed by atoms with E-state index in [9.17, 15) is 0 Å². The molecule has 0 fully saturated rings.